The number of nitrogens with zero attached hydrogens (tertiary/aromatic N) is 1. The van der Waals surface area contributed by atoms with Gasteiger partial charge in [-0.3, -0.25) is 0 Å². The summed E-state index contributed by atoms with van der Waals surface area (Å²) in [6, 6.07) is 0. The Morgan fingerprint density at radius 3 is 2.54 bits per heavy atom. The van der Waals surface area contributed by atoms with Crippen LogP contribution in [0.2, 0.25) is 0 Å². The van der Waals surface area contributed by atoms with Gasteiger partial charge in [-0.1, -0.05) is 6.42 Å². The van der Waals surface area contributed by atoms with Crippen molar-refractivity contribution in [2.24, 2.45) is 5.41 Å². The smallest absolute Gasteiger partial charge is 0.0589 e. The molecule has 0 aromatic carbocycles. The van der Waals surface area contributed by atoms with Crippen LogP contribution in [0.5, 0.6) is 0 Å². The van der Waals surface area contributed by atoms with Crippen molar-refractivity contribution in [3.05, 3.63) is 0 Å². The van der Waals surface area contributed by atoms with Gasteiger partial charge >= 0.3 is 0 Å². The number of thiol groups is 1. The summed E-state index contributed by atoms with van der Waals surface area (Å²) in [7, 11) is 3.92. The number of hydrogen-bond donors (Lipinski definition) is 1. The fourth-order valence-electron chi connectivity index (χ4n) is 1.94. The third-order valence-electron chi connectivity index (χ3n) is 3.03. The van der Waals surface area contributed by atoms with E-state index in [2.05, 4.69) is 24.6 Å². The van der Waals surface area contributed by atoms with E-state index in [9.17, 15) is 0 Å². The van der Waals surface area contributed by atoms with Crippen molar-refractivity contribution in [1.29, 1.82) is 0 Å². The lowest BCUT2D eigenvalue weighted by Gasteiger charge is -2.43. The molecule has 0 aromatic heterocycles. The summed E-state index contributed by atoms with van der Waals surface area (Å²) in [6.07, 6.45) is 4.10. The lowest BCUT2D eigenvalue weighted by molar-refractivity contribution is 0.0847. The average molecular weight is 203 g/mol. The Balaban J connectivity index is 2.21. The topological polar surface area (TPSA) is 12.5 Å². The molecule has 0 N–H and O–H groups in total. The molecule has 1 aliphatic rings. The van der Waals surface area contributed by atoms with Crippen molar-refractivity contribution in [1.82, 2.24) is 4.90 Å². The zero-order chi connectivity index (χ0) is 9.73. The Labute approximate surface area is 87.0 Å². The third kappa shape index (κ3) is 3.15. The summed E-state index contributed by atoms with van der Waals surface area (Å²) in [5.41, 5.74) is 0.519. The van der Waals surface area contributed by atoms with E-state index in [4.69, 9.17) is 4.74 Å². The first-order valence-electron chi connectivity index (χ1n) is 5.01. The van der Waals surface area contributed by atoms with Crippen LogP contribution in [0.1, 0.15) is 19.3 Å². The molecule has 78 valence electrons. The van der Waals surface area contributed by atoms with Gasteiger partial charge in [0.25, 0.3) is 0 Å². The zero-order valence-electron chi connectivity index (χ0n) is 8.75. The van der Waals surface area contributed by atoms with Crippen LogP contribution in [0.3, 0.4) is 0 Å². The number of hydrogen-bond acceptors (Lipinski definition) is 3. The molecule has 2 nitrogen and oxygen atoms in total. The van der Waals surface area contributed by atoms with Crippen molar-refractivity contribution in [3.8, 4) is 0 Å². The first-order chi connectivity index (χ1) is 6.22. The number of methoxy groups -OCH3 is 1. The van der Waals surface area contributed by atoms with Crippen LogP contribution in [0.25, 0.3) is 0 Å². The molecule has 1 fully saturated rings. The van der Waals surface area contributed by atoms with E-state index in [0.717, 1.165) is 18.9 Å². The highest BCUT2D eigenvalue weighted by atomic mass is 32.1. The predicted octanol–water partition coefficient (Wildman–Crippen LogP) is 1.66. The van der Waals surface area contributed by atoms with E-state index in [1.807, 2.05) is 0 Å². The van der Waals surface area contributed by atoms with Gasteiger partial charge in [0.1, 0.15) is 0 Å². The van der Waals surface area contributed by atoms with Crippen molar-refractivity contribution in [2.75, 3.05) is 39.6 Å². The SMILES string of the molecule is COCCN(C)CC1(CS)CCC1. The molecule has 0 radical (unpaired) electrons. The lowest BCUT2D eigenvalue weighted by atomic mass is 9.70. The van der Waals surface area contributed by atoms with Crippen LogP contribution < -0.4 is 0 Å². The van der Waals surface area contributed by atoms with Crippen LogP contribution in [0.15, 0.2) is 0 Å². The normalized spacial score (nSPS) is 20.3. The molecule has 0 amide bonds. The molecule has 1 aliphatic carbocycles. The Hall–Kier alpha value is 0.270. The summed E-state index contributed by atoms with van der Waals surface area (Å²) in [4.78, 5) is 2.36. The number of ether oxygens (including phenoxy) is 1. The molecule has 1 saturated carbocycles. The molecular weight excluding hydrogens is 182 g/mol. The maximum Gasteiger partial charge on any atom is 0.0589 e. The second-order valence-corrected chi connectivity index (χ2v) is 4.56. The summed E-state index contributed by atoms with van der Waals surface area (Å²) in [5.74, 6) is 1.03. The van der Waals surface area contributed by atoms with Crippen molar-refractivity contribution in [3.63, 3.8) is 0 Å². The number of likely N-dealkylation sites (N-methyl/N-ethyl adjacent to an activating group) is 1. The molecule has 0 unspecified atom stereocenters. The average Bonchev–Trinajstić information content (AvgIpc) is 2.08. The van der Waals surface area contributed by atoms with Gasteiger partial charge in [-0.2, -0.15) is 12.6 Å². The molecule has 1 rings (SSSR count). The van der Waals surface area contributed by atoms with Gasteiger partial charge in [-0.05, 0) is 31.1 Å². The van der Waals surface area contributed by atoms with Crippen molar-refractivity contribution >= 4 is 12.6 Å². The van der Waals surface area contributed by atoms with Crippen LogP contribution in [-0.2, 0) is 4.74 Å². The molecule has 0 bridgehead atoms. The third-order valence-corrected chi connectivity index (χ3v) is 3.70. The van der Waals surface area contributed by atoms with E-state index in [1.54, 1.807) is 7.11 Å². The quantitative estimate of drug-likeness (QED) is 0.659. The van der Waals surface area contributed by atoms with Crippen LogP contribution in [0, 0.1) is 5.41 Å². The highest BCUT2D eigenvalue weighted by molar-refractivity contribution is 7.80. The maximum atomic E-state index is 5.05. The van der Waals surface area contributed by atoms with Gasteiger partial charge in [0.05, 0.1) is 6.61 Å². The Morgan fingerprint density at radius 2 is 2.15 bits per heavy atom. The standard InChI is InChI=1S/C10H21NOS/c1-11(6-7-12-2)8-10(9-13)4-3-5-10/h13H,3-9H2,1-2H3. The molecule has 0 atom stereocenters. The minimum atomic E-state index is 0.519. The number of rotatable bonds is 6. The zero-order valence-corrected chi connectivity index (χ0v) is 9.65. The first-order valence-corrected chi connectivity index (χ1v) is 5.64. The largest absolute Gasteiger partial charge is 0.383 e. The van der Waals surface area contributed by atoms with Crippen molar-refractivity contribution in [2.45, 2.75) is 19.3 Å². The Morgan fingerprint density at radius 1 is 1.46 bits per heavy atom. The highest BCUT2D eigenvalue weighted by Gasteiger charge is 2.36. The highest BCUT2D eigenvalue weighted by Crippen LogP contribution is 2.42. The predicted molar refractivity (Wildman–Crippen MR) is 59.5 cm³/mol. The Kier molecular flexibility index (Phi) is 4.56. The minimum absolute atomic E-state index is 0.519. The van der Waals surface area contributed by atoms with E-state index >= 15 is 0 Å². The van der Waals surface area contributed by atoms with Gasteiger partial charge in [0, 0.05) is 20.2 Å². The molecule has 0 heterocycles. The summed E-state index contributed by atoms with van der Waals surface area (Å²) in [5, 5.41) is 0. The lowest BCUT2D eigenvalue weighted by Crippen LogP contribution is -2.43. The summed E-state index contributed by atoms with van der Waals surface area (Å²) < 4.78 is 5.05. The Bertz CT molecular complexity index is 142. The van der Waals surface area contributed by atoms with E-state index < -0.39 is 0 Å². The molecule has 0 aliphatic heterocycles. The van der Waals surface area contributed by atoms with Gasteiger partial charge < -0.3 is 9.64 Å². The van der Waals surface area contributed by atoms with E-state index in [-0.39, 0.29) is 0 Å². The fraction of sp³-hybridized carbons (Fsp3) is 1.00. The molecule has 13 heavy (non-hydrogen) atoms. The monoisotopic (exact) mass is 203 g/mol. The first kappa shape index (κ1) is 11.3. The van der Waals surface area contributed by atoms with Gasteiger partial charge in [0.2, 0.25) is 0 Å². The summed E-state index contributed by atoms with van der Waals surface area (Å²) in [6.45, 7) is 3.05. The molecule has 0 spiro atoms. The van der Waals surface area contributed by atoms with Crippen LogP contribution >= 0.6 is 12.6 Å². The van der Waals surface area contributed by atoms with Crippen LogP contribution in [-0.4, -0.2) is 44.5 Å². The second-order valence-electron chi connectivity index (χ2n) is 4.24. The van der Waals surface area contributed by atoms with E-state index in [0.29, 0.717) is 5.41 Å². The summed E-state index contributed by atoms with van der Waals surface area (Å²) >= 11 is 4.44. The fourth-order valence-corrected chi connectivity index (χ4v) is 2.36. The second kappa shape index (κ2) is 5.23. The maximum absolute atomic E-state index is 5.05. The van der Waals surface area contributed by atoms with Crippen molar-refractivity contribution < 1.29 is 4.74 Å². The van der Waals surface area contributed by atoms with Gasteiger partial charge in [-0.15, -0.1) is 0 Å². The molecular formula is C10H21NOS. The molecule has 3 heteroatoms. The molecule has 0 aromatic rings. The van der Waals surface area contributed by atoms with Gasteiger partial charge in [0.15, 0.2) is 0 Å². The molecule has 0 saturated heterocycles. The van der Waals surface area contributed by atoms with Crippen LogP contribution in [0.4, 0.5) is 0 Å². The van der Waals surface area contributed by atoms with E-state index in [1.165, 1.54) is 25.8 Å². The van der Waals surface area contributed by atoms with Gasteiger partial charge in [-0.25, -0.2) is 0 Å². The minimum Gasteiger partial charge on any atom is -0.383 e.